The summed E-state index contributed by atoms with van der Waals surface area (Å²) in [6.45, 7) is 7.34. The van der Waals surface area contributed by atoms with Crippen LogP contribution in [0, 0.1) is 13.3 Å². The Balaban J connectivity index is 3.37. The van der Waals surface area contributed by atoms with Crippen LogP contribution in [0.25, 0.3) is 0 Å². The van der Waals surface area contributed by atoms with Crippen LogP contribution in [0.1, 0.15) is 26.7 Å². The van der Waals surface area contributed by atoms with Gasteiger partial charge in [-0.15, -0.1) is 0 Å². The zero-order chi connectivity index (χ0) is 6.62. The first-order valence-corrected chi connectivity index (χ1v) is 2.98. The predicted molar refractivity (Wildman–Crippen MR) is 35.2 cm³/mol. The van der Waals surface area contributed by atoms with Gasteiger partial charge in [0.1, 0.15) is 0 Å². The van der Waals surface area contributed by atoms with Crippen molar-refractivity contribution in [3.05, 3.63) is 13.3 Å². The molecule has 0 heterocycles. The molecule has 1 heteroatoms. The first kappa shape index (κ1) is 7.96. The molecule has 0 fully saturated rings. The molecule has 0 aromatic heterocycles. The molecular weight excluding hydrogens is 100 g/mol. The van der Waals surface area contributed by atoms with E-state index in [9.17, 15) is 5.11 Å². The molecule has 0 saturated heterocycles. The molecule has 0 amide bonds. The van der Waals surface area contributed by atoms with E-state index < -0.39 is 5.60 Å². The van der Waals surface area contributed by atoms with Crippen LogP contribution < -0.4 is 0 Å². The van der Waals surface area contributed by atoms with Crippen molar-refractivity contribution >= 4 is 0 Å². The van der Waals surface area contributed by atoms with E-state index in [4.69, 9.17) is 0 Å². The van der Waals surface area contributed by atoms with Gasteiger partial charge in [-0.1, -0.05) is 13.8 Å². The minimum atomic E-state index is -0.595. The van der Waals surface area contributed by atoms with Crippen molar-refractivity contribution in [2.75, 3.05) is 0 Å². The summed E-state index contributed by atoms with van der Waals surface area (Å²) < 4.78 is 0. The number of hydrogen-bond acceptors (Lipinski definition) is 1. The number of aliphatic hydroxyl groups is 1. The maximum Gasteiger partial charge on any atom is 0.0648 e. The Bertz CT molecular complexity index is 57.4. The fourth-order valence-corrected chi connectivity index (χ4v) is 0.455. The van der Waals surface area contributed by atoms with Gasteiger partial charge in [-0.3, -0.25) is 0 Å². The standard InChI is InChI=1S/C7H14O/c1-4-6-7(3,8)5-2/h6,8H,1,4-5H2,2-3H3. The Morgan fingerprint density at radius 2 is 2.25 bits per heavy atom. The molecule has 0 rings (SSSR count). The molecule has 8 heavy (non-hydrogen) atoms. The van der Waals surface area contributed by atoms with Gasteiger partial charge in [0.15, 0.2) is 0 Å². The molecule has 0 aliphatic carbocycles. The van der Waals surface area contributed by atoms with Gasteiger partial charge in [0.25, 0.3) is 0 Å². The molecule has 0 saturated carbocycles. The van der Waals surface area contributed by atoms with Gasteiger partial charge in [0.2, 0.25) is 0 Å². The molecule has 0 bridgehead atoms. The van der Waals surface area contributed by atoms with E-state index in [-0.39, 0.29) is 0 Å². The lowest BCUT2D eigenvalue weighted by Crippen LogP contribution is -2.22. The largest absolute Gasteiger partial charge is 0.390 e. The van der Waals surface area contributed by atoms with Crippen molar-refractivity contribution in [3.8, 4) is 0 Å². The topological polar surface area (TPSA) is 20.2 Å². The minimum absolute atomic E-state index is 0.595. The minimum Gasteiger partial charge on any atom is -0.390 e. The Labute approximate surface area is 51.7 Å². The van der Waals surface area contributed by atoms with E-state index in [0.29, 0.717) is 6.42 Å². The summed E-state index contributed by atoms with van der Waals surface area (Å²) >= 11 is 0. The van der Waals surface area contributed by atoms with E-state index in [1.807, 2.05) is 13.3 Å². The number of hydrogen-bond donors (Lipinski definition) is 1. The van der Waals surface area contributed by atoms with Crippen molar-refractivity contribution in [1.82, 2.24) is 0 Å². The smallest absolute Gasteiger partial charge is 0.0648 e. The summed E-state index contributed by atoms with van der Waals surface area (Å²) in [7, 11) is 0. The normalized spacial score (nSPS) is 18.0. The van der Waals surface area contributed by atoms with Gasteiger partial charge >= 0.3 is 0 Å². The van der Waals surface area contributed by atoms with Crippen molar-refractivity contribution in [2.24, 2.45) is 0 Å². The van der Waals surface area contributed by atoms with Crippen LogP contribution in [0.3, 0.4) is 0 Å². The monoisotopic (exact) mass is 114 g/mol. The van der Waals surface area contributed by atoms with Crippen LogP contribution in [0.2, 0.25) is 0 Å². The van der Waals surface area contributed by atoms with E-state index in [0.717, 1.165) is 6.42 Å². The Hall–Kier alpha value is -0.0400. The van der Waals surface area contributed by atoms with Crippen LogP contribution >= 0.6 is 0 Å². The Kier molecular flexibility index (Phi) is 3.06. The molecule has 0 spiro atoms. The predicted octanol–water partition coefficient (Wildman–Crippen LogP) is 1.58. The molecule has 0 aliphatic heterocycles. The van der Waals surface area contributed by atoms with Gasteiger partial charge in [0, 0.05) is 0 Å². The second-order valence-electron chi connectivity index (χ2n) is 2.20. The lowest BCUT2D eigenvalue weighted by Gasteiger charge is -2.18. The highest BCUT2D eigenvalue weighted by atomic mass is 16.3. The van der Waals surface area contributed by atoms with Gasteiger partial charge in [0.05, 0.1) is 5.60 Å². The van der Waals surface area contributed by atoms with Crippen LogP contribution in [0.5, 0.6) is 0 Å². The average molecular weight is 114 g/mol. The van der Waals surface area contributed by atoms with Crippen molar-refractivity contribution in [2.45, 2.75) is 32.3 Å². The lowest BCUT2D eigenvalue weighted by atomic mass is 9.98. The first-order valence-electron chi connectivity index (χ1n) is 2.98. The van der Waals surface area contributed by atoms with Crippen LogP contribution in [-0.2, 0) is 0 Å². The Morgan fingerprint density at radius 1 is 1.75 bits per heavy atom. The molecule has 1 nitrogen and oxygen atoms in total. The molecule has 0 aromatic rings. The van der Waals surface area contributed by atoms with Gasteiger partial charge < -0.3 is 5.11 Å². The van der Waals surface area contributed by atoms with Gasteiger partial charge in [-0.05, 0) is 26.2 Å². The third-order valence-electron chi connectivity index (χ3n) is 1.30. The van der Waals surface area contributed by atoms with Crippen molar-refractivity contribution in [3.63, 3.8) is 0 Å². The SMILES string of the molecule is [CH2]C[CH]C(C)(O)CC. The van der Waals surface area contributed by atoms with Crippen molar-refractivity contribution < 1.29 is 5.11 Å². The molecule has 2 radical (unpaired) electrons. The second kappa shape index (κ2) is 3.08. The van der Waals surface area contributed by atoms with E-state index in [1.165, 1.54) is 0 Å². The zero-order valence-electron chi connectivity index (χ0n) is 5.65. The highest BCUT2D eigenvalue weighted by molar-refractivity contribution is 4.87. The molecule has 1 unspecified atom stereocenters. The fraction of sp³-hybridized carbons (Fsp3) is 0.714. The zero-order valence-corrected chi connectivity index (χ0v) is 5.65. The third-order valence-corrected chi connectivity index (χ3v) is 1.30. The van der Waals surface area contributed by atoms with Crippen LogP contribution in [0.4, 0.5) is 0 Å². The summed E-state index contributed by atoms with van der Waals surface area (Å²) in [6.07, 6.45) is 3.27. The van der Waals surface area contributed by atoms with E-state index >= 15 is 0 Å². The maximum atomic E-state index is 9.23. The van der Waals surface area contributed by atoms with Gasteiger partial charge in [-0.25, -0.2) is 0 Å². The molecule has 1 N–H and O–H groups in total. The van der Waals surface area contributed by atoms with Crippen LogP contribution in [-0.4, -0.2) is 10.7 Å². The Morgan fingerprint density at radius 3 is 2.38 bits per heavy atom. The van der Waals surface area contributed by atoms with Gasteiger partial charge in [-0.2, -0.15) is 0 Å². The fourth-order valence-electron chi connectivity index (χ4n) is 0.455. The highest BCUT2D eigenvalue weighted by Crippen LogP contribution is 2.13. The van der Waals surface area contributed by atoms with E-state index in [2.05, 4.69) is 6.92 Å². The summed E-state index contributed by atoms with van der Waals surface area (Å²) in [5.41, 5.74) is -0.595. The second-order valence-corrected chi connectivity index (χ2v) is 2.20. The summed E-state index contributed by atoms with van der Waals surface area (Å²) in [4.78, 5) is 0. The molecular formula is C7H14O. The van der Waals surface area contributed by atoms with Crippen molar-refractivity contribution in [1.29, 1.82) is 0 Å². The average Bonchev–Trinajstić information content (AvgIpc) is 1.67. The highest BCUT2D eigenvalue weighted by Gasteiger charge is 2.14. The van der Waals surface area contributed by atoms with E-state index in [1.54, 1.807) is 6.92 Å². The number of rotatable bonds is 3. The molecule has 48 valence electrons. The molecule has 0 aromatic carbocycles. The molecule has 1 atom stereocenters. The van der Waals surface area contributed by atoms with Crippen LogP contribution in [0.15, 0.2) is 0 Å². The molecule has 0 aliphatic rings. The summed E-state index contributed by atoms with van der Waals surface area (Å²) in [5.74, 6) is 0. The third kappa shape index (κ3) is 3.03. The first-order chi connectivity index (χ1) is 3.62. The summed E-state index contributed by atoms with van der Waals surface area (Å²) in [6, 6.07) is 0. The summed E-state index contributed by atoms with van der Waals surface area (Å²) in [5, 5.41) is 9.23. The quantitative estimate of drug-likeness (QED) is 0.590. The maximum absolute atomic E-state index is 9.23. The lowest BCUT2D eigenvalue weighted by molar-refractivity contribution is 0.0882.